The summed E-state index contributed by atoms with van der Waals surface area (Å²) in [5.74, 6) is -0.557. The highest BCUT2D eigenvalue weighted by Gasteiger charge is 2.21. The van der Waals surface area contributed by atoms with Crippen LogP contribution in [0.15, 0.2) is 54.6 Å². The lowest BCUT2D eigenvalue weighted by molar-refractivity contribution is -0.128. The Labute approximate surface area is 142 Å². The standard InChI is InChI=1S/C20H24FNO2/c1-3-18(24-19-12-8-7-11-17(19)21)20(23)22-15(2)13-14-16-9-5-4-6-10-16/h4-12,15,18H,3,13-14H2,1-2H3,(H,22,23)/t15-,18-/m0/s1. The van der Waals surface area contributed by atoms with Crippen LogP contribution in [0.25, 0.3) is 0 Å². The fourth-order valence-corrected chi connectivity index (χ4v) is 2.45. The van der Waals surface area contributed by atoms with Crippen molar-refractivity contribution in [3.8, 4) is 5.75 Å². The number of rotatable bonds is 8. The van der Waals surface area contributed by atoms with E-state index < -0.39 is 11.9 Å². The van der Waals surface area contributed by atoms with E-state index in [0.717, 1.165) is 12.8 Å². The number of nitrogens with one attached hydrogen (secondary N) is 1. The molecular weight excluding hydrogens is 305 g/mol. The maximum absolute atomic E-state index is 13.7. The maximum atomic E-state index is 13.7. The van der Waals surface area contributed by atoms with E-state index in [4.69, 9.17) is 4.74 Å². The molecule has 0 spiro atoms. The Kier molecular flexibility index (Phi) is 6.79. The summed E-state index contributed by atoms with van der Waals surface area (Å²) in [6.07, 6.45) is 1.52. The number of carbonyl (C=O) groups is 1. The third-order valence-corrected chi connectivity index (χ3v) is 3.87. The third kappa shape index (κ3) is 5.37. The lowest BCUT2D eigenvalue weighted by atomic mass is 10.1. The topological polar surface area (TPSA) is 38.3 Å². The average Bonchev–Trinajstić information content (AvgIpc) is 2.60. The molecule has 0 aliphatic carbocycles. The van der Waals surface area contributed by atoms with Crippen molar-refractivity contribution in [2.45, 2.75) is 45.3 Å². The third-order valence-electron chi connectivity index (χ3n) is 3.87. The van der Waals surface area contributed by atoms with Crippen LogP contribution in [0.4, 0.5) is 4.39 Å². The molecule has 0 unspecified atom stereocenters. The highest BCUT2D eigenvalue weighted by atomic mass is 19.1. The Balaban J connectivity index is 1.85. The van der Waals surface area contributed by atoms with Crippen LogP contribution in [0.3, 0.4) is 0 Å². The van der Waals surface area contributed by atoms with Crippen LogP contribution in [-0.2, 0) is 11.2 Å². The van der Waals surface area contributed by atoms with Crippen molar-refractivity contribution in [3.05, 3.63) is 66.0 Å². The molecule has 0 heterocycles. The molecule has 3 nitrogen and oxygen atoms in total. The molecule has 2 atom stereocenters. The Morgan fingerprint density at radius 3 is 2.46 bits per heavy atom. The molecule has 1 amide bonds. The Hall–Kier alpha value is -2.36. The number of halogens is 1. The zero-order valence-corrected chi connectivity index (χ0v) is 14.2. The summed E-state index contributed by atoms with van der Waals surface area (Å²) in [5, 5.41) is 2.95. The second-order valence-corrected chi connectivity index (χ2v) is 5.88. The summed E-state index contributed by atoms with van der Waals surface area (Å²) in [6.45, 7) is 3.82. The molecule has 0 radical (unpaired) electrons. The van der Waals surface area contributed by atoms with Crippen molar-refractivity contribution < 1.29 is 13.9 Å². The van der Waals surface area contributed by atoms with Gasteiger partial charge in [0.15, 0.2) is 17.7 Å². The second-order valence-electron chi connectivity index (χ2n) is 5.88. The van der Waals surface area contributed by atoms with Crippen LogP contribution >= 0.6 is 0 Å². The van der Waals surface area contributed by atoms with Crippen molar-refractivity contribution in [2.75, 3.05) is 0 Å². The van der Waals surface area contributed by atoms with Crippen LogP contribution in [0.1, 0.15) is 32.3 Å². The molecule has 0 bridgehead atoms. The number of carbonyl (C=O) groups excluding carboxylic acids is 1. The number of aryl methyl sites for hydroxylation is 1. The highest BCUT2D eigenvalue weighted by Crippen LogP contribution is 2.18. The van der Waals surface area contributed by atoms with Gasteiger partial charge in [0.2, 0.25) is 0 Å². The second kappa shape index (κ2) is 9.06. The van der Waals surface area contributed by atoms with E-state index in [1.807, 2.05) is 32.0 Å². The minimum absolute atomic E-state index is 0.0241. The van der Waals surface area contributed by atoms with Crippen LogP contribution < -0.4 is 10.1 Å². The van der Waals surface area contributed by atoms with Gasteiger partial charge in [-0.1, -0.05) is 49.4 Å². The van der Waals surface area contributed by atoms with E-state index in [1.54, 1.807) is 12.1 Å². The van der Waals surface area contributed by atoms with Gasteiger partial charge in [-0.3, -0.25) is 4.79 Å². The Morgan fingerprint density at radius 2 is 1.79 bits per heavy atom. The molecule has 24 heavy (non-hydrogen) atoms. The van der Waals surface area contributed by atoms with Crippen LogP contribution in [0.2, 0.25) is 0 Å². The van der Waals surface area contributed by atoms with Gasteiger partial charge in [0.05, 0.1) is 0 Å². The fourth-order valence-electron chi connectivity index (χ4n) is 2.45. The van der Waals surface area contributed by atoms with E-state index in [2.05, 4.69) is 17.4 Å². The lowest BCUT2D eigenvalue weighted by Crippen LogP contribution is -2.42. The number of ether oxygens (including phenoxy) is 1. The van der Waals surface area contributed by atoms with Crippen LogP contribution in [-0.4, -0.2) is 18.1 Å². The van der Waals surface area contributed by atoms with E-state index in [-0.39, 0.29) is 17.7 Å². The van der Waals surface area contributed by atoms with E-state index in [9.17, 15) is 9.18 Å². The van der Waals surface area contributed by atoms with Gasteiger partial charge in [-0.25, -0.2) is 4.39 Å². The summed E-state index contributed by atoms with van der Waals surface area (Å²) < 4.78 is 19.2. The molecule has 4 heteroatoms. The van der Waals surface area contributed by atoms with E-state index >= 15 is 0 Å². The van der Waals surface area contributed by atoms with Gasteiger partial charge in [0.1, 0.15) is 0 Å². The highest BCUT2D eigenvalue weighted by molar-refractivity contribution is 5.81. The quantitative estimate of drug-likeness (QED) is 0.791. The maximum Gasteiger partial charge on any atom is 0.261 e. The largest absolute Gasteiger partial charge is 0.478 e. The van der Waals surface area contributed by atoms with Crippen LogP contribution in [0, 0.1) is 5.82 Å². The van der Waals surface area contributed by atoms with E-state index in [1.165, 1.54) is 17.7 Å². The van der Waals surface area contributed by atoms with Gasteiger partial charge in [-0.05, 0) is 43.9 Å². The number of amides is 1. The van der Waals surface area contributed by atoms with Gasteiger partial charge < -0.3 is 10.1 Å². The fraction of sp³-hybridized carbons (Fsp3) is 0.350. The first kappa shape index (κ1) is 18.0. The molecule has 1 N–H and O–H groups in total. The van der Waals surface area contributed by atoms with Gasteiger partial charge in [-0.2, -0.15) is 0 Å². The van der Waals surface area contributed by atoms with Gasteiger partial charge in [-0.15, -0.1) is 0 Å². The zero-order valence-electron chi connectivity index (χ0n) is 14.2. The normalized spacial score (nSPS) is 13.1. The zero-order chi connectivity index (χ0) is 17.4. The van der Waals surface area contributed by atoms with Crippen molar-refractivity contribution in [1.29, 1.82) is 0 Å². The summed E-state index contributed by atoms with van der Waals surface area (Å²) in [7, 11) is 0. The molecule has 2 aromatic carbocycles. The van der Waals surface area contributed by atoms with Crippen molar-refractivity contribution in [3.63, 3.8) is 0 Å². The number of hydrogen-bond donors (Lipinski definition) is 1. The average molecular weight is 329 g/mol. The van der Waals surface area contributed by atoms with E-state index in [0.29, 0.717) is 6.42 Å². The van der Waals surface area contributed by atoms with Gasteiger partial charge >= 0.3 is 0 Å². The summed E-state index contributed by atoms with van der Waals surface area (Å²) in [4.78, 5) is 12.4. The first-order valence-corrected chi connectivity index (χ1v) is 8.35. The van der Waals surface area contributed by atoms with Crippen molar-refractivity contribution >= 4 is 5.91 Å². The molecule has 0 saturated carbocycles. The molecule has 0 aliphatic heterocycles. The molecule has 0 fully saturated rings. The Morgan fingerprint density at radius 1 is 1.12 bits per heavy atom. The molecule has 2 aromatic rings. The first-order chi connectivity index (χ1) is 11.6. The van der Waals surface area contributed by atoms with Crippen molar-refractivity contribution in [1.82, 2.24) is 5.32 Å². The predicted octanol–water partition coefficient (Wildman–Crippen LogP) is 4.12. The first-order valence-electron chi connectivity index (χ1n) is 8.35. The summed E-state index contributed by atoms with van der Waals surface area (Å²) in [6, 6.07) is 16.3. The van der Waals surface area contributed by atoms with Crippen LogP contribution in [0.5, 0.6) is 5.75 Å². The summed E-state index contributed by atoms with van der Waals surface area (Å²) in [5.41, 5.74) is 1.24. The molecule has 0 aromatic heterocycles. The Bertz CT molecular complexity index is 645. The molecule has 128 valence electrons. The van der Waals surface area contributed by atoms with Crippen molar-refractivity contribution in [2.24, 2.45) is 0 Å². The number of benzene rings is 2. The monoisotopic (exact) mass is 329 g/mol. The van der Waals surface area contributed by atoms with Gasteiger partial charge in [0.25, 0.3) is 5.91 Å². The summed E-state index contributed by atoms with van der Waals surface area (Å²) >= 11 is 0. The number of para-hydroxylation sites is 1. The lowest BCUT2D eigenvalue weighted by Gasteiger charge is -2.20. The molecule has 2 rings (SSSR count). The molecule has 0 saturated heterocycles. The number of hydrogen-bond acceptors (Lipinski definition) is 2. The SMILES string of the molecule is CC[C@H](Oc1ccccc1F)C(=O)N[C@@H](C)CCc1ccccc1. The minimum Gasteiger partial charge on any atom is -0.478 e. The smallest absolute Gasteiger partial charge is 0.261 e. The molecule has 0 aliphatic rings. The van der Waals surface area contributed by atoms with Gasteiger partial charge in [0, 0.05) is 6.04 Å². The predicted molar refractivity (Wildman–Crippen MR) is 93.5 cm³/mol. The minimum atomic E-state index is -0.693. The molecular formula is C20H24FNO2.